The number of methoxy groups -OCH3 is 1. The number of anilines is 1. The zero-order valence-corrected chi connectivity index (χ0v) is 13.0. The smallest absolute Gasteiger partial charge is 0.233 e. The van der Waals surface area contributed by atoms with Crippen molar-refractivity contribution < 1.29 is 9.53 Å². The van der Waals surface area contributed by atoms with E-state index in [0.29, 0.717) is 6.61 Å². The van der Waals surface area contributed by atoms with Gasteiger partial charge in [-0.3, -0.25) is 4.79 Å². The van der Waals surface area contributed by atoms with E-state index in [4.69, 9.17) is 4.74 Å². The van der Waals surface area contributed by atoms with E-state index in [9.17, 15) is 4.79 Å². The fourth-order valence-electron chi connectivity index (χ4n) is 2.93. The molecule has 5 heteroatoms. The van der Waals surface area contributed by atoms with Gasteiger partial charge in [-0.25, -0.2) is 0 Å². The van der Waals surface area contributed by atoms with Gasteiger partial charge in [0, 0.05) is 17.5 Å². The van der Waals surface area contributed by atoms with E-state index in [1.165, 1.54) is 10.1 Å². The second kappa shape index (κ2) is 6.13. The van der Waals surface area contributed by atoms with E-state index in [1.54, 1.807) is 18.4 Å². The second-order valence-corrected chi connectivity index (χ2v) is 6.54. The summed E-state index contributed by atoms with van der Waals surface area (Å²) in [6.07, 6.45) is 1.63. The van der Waals surface area contributed by atoms with Gasteiger partial charge in [0.25, 0.3) is 0 Å². The van der Waals surface area contributed by atoms with Crippen LogP contribution < -0.4 is 10.6 Å². The van der Waals surface area contributed by atoms with Crippen molar-refractivity contribution in [2.24, 2.45) is 5.41 Å². The molecule has 0 saturated carbocycles. The minimum atomic E-state index is -0.413. The van der Waals surface area contributed by atoms with E-state index >= 15 is 0 Å². The molecule has 1 aliphatic heterocycles. The van der Waals surface area contributed by atoms with Gasteiger partial charge in [0.1, 0.15) is 0 Å². The third-order valence-electron chi connectivity index (χ3n) is 4.17. The van der Waals surface area contributed by atoms with E-state index in [0.717, 1.165) is 31.6 Å². The molecule has 0 atom stereocenters. The number of carbonyl (C=O) groups is 1. The summed E-state index contributed by atoms with van der Waals surface area (Å²) in [5.41, 5.74) is 0.448. The van der Waals surface area contributed by atoms with E-state index in [-0.39, 0.29) is 5.91 Å². The molecule has 4 nitrogen and oxygen atoms in total. The van der Waals surface area contributed by atoms with Crippen LogP contribution in [0.2, 0.25) is 0 Å². The average molecular weight is 304 g/mol. The Balaban J connectivity index is 1.79. The van der Waals surface area contributed by atoms with Crippen LogP contribution in [-0.4, -0.2) is 32.7 Å². The lowest BCUT2D eigenvalue weighted by Gasteiger charge is -2.35. The zero-order valence-electron chi connectivity index (χ0n) is 12.1. The Bertz CT molecular complexity index is 626. The summed E-state index contributed by atoms with van der Waals surface area (Å²) in [6, 6.07) is 8.13. The summed E-state index contributed by atoms with van der Waals surface area (Å²) in [5, 5.41) is 9.62. The van der Waals surface area contributed by atoms with Crippen molar-refractivity contribution in [3.8, 4) is 0 Å². The van der Waals surface area contributed by atoms with Crippen LogP contribution in [0.15, 0.2) is 29.6 Å². The minimum Gasteiger partial charge on any atom is -0.384 e. The fourth-order valence-corrected chi connectivity index (χ4v) is 3.70. The summed E-state index contributed by atoms with van der Waals surface area (Å²) >= 11 is 1.71. The van der Waals surface area contributed by atoms with Gasteiger partial charge in [-0.1, -0.05) is 0 Å². The number of piperidine rings is 1. The van der Waals surface area contributed by atoms with Crippen LogP contribution >= 0.6 is 11.3 Å². The standard InChI is InChI=1S/C16H20N2O2S/c1-20-11-16(5-7-17-8-6-16)15(19)18-13-2-3-14-12(10-13)4-9-21-14/h2-4,9-10,17H,5-8,11H2,1H3,(H,18,19). The highest BCUT2D eigenvalue weighted by molar-refractivity contribution is 7.17. The predicted molar refractivity (Wildman–Crippen MR) is 86.9 cm³/mol. The van der Waals surface area contributed by atoms with Gasteiger partial charge >= 0.3 is 0 Å². The van der Waals surface area contributed by atoms with Crippen LogP contribution in [0.1, 0.15) is 12.8 Å². The second-order valence-electron chi connectivity index (χ2n) is 5.59. The van der Waals surface area contributed by atoms with Crippen LogP contribution in [0.4, 0.5) is 5.69 Å². The predicted octanol–water partition coefficient (Wildman–Crippen LogP) is 2.86. The van der Waals surface area contributed by atoms with Crippen LogP contribution in [0.25, 0.3) is 10.1 Å². The molecule has 0 spiro atoms. The molecule has 1 aromatic carbocycles. The maximum Gasteiger partial charge on any atom is 0.233 e. The van der Waals surface area contributed by atoms with Crippen molar-refractivity contribution in [1.29, 1.82) is 0 Å². The first-order valence-corrected chi connectivity index (χ1v) is 8.10. The quantitative estimate of drug-likeness (QED) is 0.913. The van der Waals surface area contributed by atoms with Gasteiger partial charge in [0.2, 0.25) is 5.91 Å². The molecule has 0 bridgehead atoms. The van der Waals surface area contributed by atoms with Crippen molar-refractivity contribution in [2.75, 3.05) is 32.1 Å². The van der Waals surface area contributed by atoms with Gasteiger partial charge in [0.15, 0.2) is 0 Å². The Morgan fingerprint density at radius 3 is 2.95 bits per heavy atom. The SMILES string of the molecule is COCC1(C(=O)Nc2ccc3sccc3c2)CCNCC1. The third-order valence-corrected chi connectivity index (χ3v) is 5.07. The Morgan fingerprint density at radius 1 is 1.38 bits per heavy atom. The van der Waals surface area contributed by atoms with Crippen molar-refractivity contribution in [1.82, 2.24) is 5.32 Å². The molecule has 21 heavy (non-hydrogen) atoms. The number of fused-ring (bicyclic) bond motifs is 1. The third kappa shape index (κ3) is 2.95. The van der Waals surface area contributed by atoms with Crippen LogP contribution in [0, 0.1) is 5.41 Å². The van der Waals surface area contributed by atoms with Crippen LogP contribution in [0.3, 0.4) is 0 Å². The number of rotatable bonds is 4. The fraction of sp³-hybridized carbons (Fsp3) is 0.438. The normalized spacial score (nSPS) is 17.8. The highest BCUT2D eigenvalue weighted by Crippen LogP contribution is 2.31. The summed E-state index contributed by atoms with van der Waals surface area (Å²) in [4.78, 5) is 12.7. The van der Waals surface area contributed by atoms with E-state index in [1.807, 2.05) is 12.1 Å². The monoisotopic (exact) mass is 304 g/mol. The first kappa shape index (κ1) is 14.5. The first-order valence-electron chi connectivity index (χ1n) is 7.22. The molecule has 2 aromatic rings. The van der Waals surface area contributed by atoms with E-state index in [2.05, 4.69) is 28.1 Å². The molecular weight excluding hydrogens is 284 g/mol. The molecule has 112 valence electrons. The lowest BCUT2D eigenvalue weighted by atomic mass is 9.78. The van der Waals surface area contributed by atoms with Crippen molar-refractivity contribution in [2.45, 2.75) is 12.8 Å². The largest absolute Gasteiger partial charge is 0.384 e. The number of nitrogens with one attached hydrogen (secondary N) is 2. The Hall–Kier alpha value is -1.43. The topological polar surface area (TPSA) is 50.4 Å². The van der Waals surface area contributed by atoms with Gasteiger partial charge in [0.05, 0.1) is 12.0 Å². The Labute approximate surface area is 128 Å². The van der Waals surface area contributed by atoms with Gasteiger partial charge in [-0.15, -0.1) is 11.3 Å². The van der Waals surface area contributed by atoms with Crippen molar-refractivity contribution in [3.05, 3.63) is 29.6 Å². The van der Waals surface area contributed by atoms with Gasteiger partial charge < -0.3 is 15.4 Å². The number of amides is 1. The summed E-state index contributed by atoms with van der Waals surface area (Å²) in [5.74, 6) is 0.0698. The first-order chi connectivity index (χ1) is 10.2. The number of ether oxygens (including phenoxy) is 1. The molecule has 1 aliphatic rings. The van der Waals surface area contributed by atoms with Gasteiger partial charge in [-0.2, -0.15) is 0 Å². The molecule has 1 amide bonds. The molecule has 1 saturated heterocycles. The van der Waals surface area contributed by atoms with E-state index < -0.39 is 5.41 Å². The highest BCUT2D eigenvalue weighted by atomic mass is 32.1. The lowest BCUT2D eigenvalue weighted by Crippen LogP contribution is -2.47. The number of benzene rings is 1. The van der Waals surface area contributed by atoms with Gasteiger partial charge in [-0.05, 0) is 61.0 Å². The summed E-state index contributed by atoms with van der Waals surface area (Å²) < 4.78 is 6.55. The molecule has 2 N–H and O–H groups in total. The number of hydrogen-bond acceptors (Lipinski definition) is 4. The van der Waals surface area contributed by atoms with Crippen LogP contribution in [-0.2, 0) is 9.53 Å². The lowest BCUT2D eigenvalue weighted by molar-refractivity contribution is -0.130. The Kier molecular flexibility index (Phi) is 4.24. The number of hydrogen-bond donors (Lipinski definition) is 2. The molecule has 0 unspecified atom stereocenters. The summed E-state index contributed by atoms with van der Waals surface area (Å²) in [6.45, 7) is 2.20. The molecule has 1 fully saturated rings. The van der Waals surface area contributed by atoms with Crippen molar-refractivity contribution in [3.63, 3.8) is 0 Å². The molecule has 3 rings (SSSR count). The molecule has 2 heterocycles. The average Bonchev–Trinajstić information content (AvgIpc) is 2.96. The highest BCUT2D eigenvalue weighted by Gasteiger charge is 2.39. The Morgan fingerprint density at radius 2 is 2.19 bits per heavy atom. The molecule has 0 radical (unpaired) electrons. The number of thiophene rings is 1. The molecule has 0 aliphatic carbocycles. The molecule has 1 aromatic heterocycles. The molecular formula is C16H20N2O2S. The maximum atomic E-state index is 12.7. The van der Waals surface area contributed by atoms with Crippen molar-refractivity contribution >= 4 is 33.0 Å². The number of carbonyl (C=O) groups excluding carboxylic acids is 1. The zero-order chi connectivity index (χ0) is 14.7. The summed E-state index contributed by atoms with van der Waals surface area (Å²) in [7, 11) is 1.66. The minimum absolute atomic E-state index is 0.0698. The maximum absolute atomic E-state index is 12.7. The van der Waals surface area contributed by atoms with Crippen LogP contribution in [0.5, 0.6) is 0 Å².